The molecule has 0 aliphatic rings. The molecule has 1 aromatic heterocycles. The molecule has 0 atom stereocenters. The van der Waals surface area contributed by atoms with Crippen molar-refractivity contribution >= 4 is 20.7 Å². The number of nitrogens with one attached hydrogen (secondary N) is 1. The van der Waals surface area contributed by atoms with E-state index in [4.69, 9.17) is 0 Å². The lowest BCUT2D eigenvalue weighted by Gasteiger charge is -2.05. The largest absolute Gasteiger partial charge is 0.310 e. The molecule has 0 bridgehead atoms. The van der Waals surface area contributed by atoms with Crippen molar-refractivity contribution in [3.8, 4) is 11.1 Å². The fourth-order valence-electron chi connectivity index (χ4n) is 2.40. The Bertz CT molecular complexity index is 1010. The van der Waals surface area contributed by atoms with Gasteiger partial charge in [-0.15, -0.1) is 0 Å². The monoisotopic (exact) mass is 328 g/mol. The quantitative estimate of drug-likeness (QED) is 0.796. The average Bonchev–Trinajstić information content (AvgIpc) is 2.53. The van der Waals surface area contributed by atoms with Gasteiger partial charge in [0.1, 0.15) is 15.7 Å². The Morgan fingerprint density at radius 3 is 2.48 bits per heavy atom. The second-order valence-electron chi connectivity index (χ2n) is 5.49. The summed E-state index contributed by atoms with van der Waals surface area (Å²) in [5, 5.41) is 0.495. The Labute approximate surface area is 133 Å². The predicted octanol–water partition coefficient (Wildman–Crippen LogP) is 2.18. The lowest BCUT2D eigenvalue weighted by molar-refractivity contribution is 0.600. The van der Waals surface area contributed by atoms with E-state index < -0.39 is 9.84 Å². The van der Waals surface area contributed by atoms with Crippen molar-refractivity contribution in [2.24, 2.45) is 0 Å². The number of hydrogen-bond acceptors (Lipinski definition) is 4. The van der Waals surface area contributed by atoms with Crippen LogP contribution in [-0.4, -0.2) is 30.4 Å². The van der Waals surface area contributed by atoms with Gasteiger partial charge in [-0.1, -0.05) is 36.4 Å². The van der Waals surface area contributed by atoms with Crippen LogP contribution in [0.1, 0.15) is 5.82 Å². The number of aryl methyl sites for hydroxylation is 1. The van der Waals surface area contributed by atoms with E-state index >= 15 is 0 Å². The SMILES string of the molecule is CS(=O)(=O)CCc1nc2ccc(-c3ccccc3)cc2c(=O)[nH]1. The van der Waals surface area contributed by atoms with Crippen molar-refractivity contribution in [2.75, 3.05) is 12.0 Å². The molecule has 0 fully saturated rings. The van der Waals surface area contributed by atoms with E-state index in [2.05, 4.69) is 9.97 Å². The summed E-state index contributed by atoms with van der Waals surface area (Å²) in [7, 11) is -3.09. The molecule has 0 amide bonds. The van der Waals surface area contributed by atoms with Crippen LogP contribution in [0.2, 0.25) is 0 Å². The molecule has 0 spiro atoms. The van der Waals surface area contributed by atoms with E-state index in [1.54, 1.807) is 12.1 Å². The number of nitrogens with zero attached hydrogens (tertiary/aromatic N) is 1. The topological polar surface area (TPSA) is 79.9 Å². The van der Waals surface area contributed by atoms with E-state index in [0.29, 0.717) is 16.7 Å². The summed E-state index contributed by atoms with van der Waals surface area (Å²) in [6.45, 7) is 0. The van der Waals surface area contributed by atoms with Gasteiger partial charge in [-0.3, -0.25) is 4.79 Å². The predicted molar refractivity (Wildman–Crippen MR) is 91.2 cm³/mol. The highest BCUT2D eigenvalue weighted by atomic mass is 32.2. The van der Waals surface area contributed by atoms with E-state index in [1.165, 1.54) is 0 Å². The molecule has 6 heteroatoms. The molecule has 5 nitrogen and oxygen atoms in total. The molecule has 3 aromatic rings. The highest BCUT2D eigenvalue weighted by Crippen LogP contribution is 2.21. The Kier molecular flexibility index (Phi) is 4.00. The van der Waals surface area contributed by atoms with Crippen molar-refractivity contribution < 1.29 is 8.42 Å². The van der Waals surface area contributed by atoms with Crippen LogP contribution in [-0.2, 0) is 16.3 Å². The van der Waals surface area contributed by atoms with Gasteiger partial charge in [0.15, 0.2) is 0 Å². The van der Waals surface area contributed by atoms with Gasteiger partial charge in [0.05, 0.1) is 16.7 Å². The minimum absolute atomic E-state index is 0.0381. The standard InChI is InChI=1S/C17H16N2O3S/c1-23(21,22)10-9-16-18-15-8-7-13(11-14(15)17(20)19-16)12-5-3-2-4-6-12/h2-8,11H,9-10H2,1H3,(H,18,19,20). The van der Waals surface area contributed by atoms with Gasteiger partial charge in [0, 0.05) is 12.7 Å². The molecular weight excluding hydrogens is 312 g/mol. The number of benzene rings is 2. The van der Waals surface area contributed by atoms with Crippen molar-refractivity contribution in [3.05, 3.63) is 64.7 Å². The van der Waals surface area contributed by atoms with E-state index in [1.807, 2.05) is 36.4 Å². The minimum Gasteiger partial charge on any atom is -0.310 e. The summed E-state index contributed by atoms with van der Waals surface area (Å²) in [5.41, 5.74) is 2.28. The number of fused-ring (bicyclic) bond motifs is 1. The third kappa shape index (κ3) is 3.65. The van der Waals surface area contributed by atoms with Gasteiger partial charge in [0.2, 0.25) is 0 Å². The number of aromatic nitrogens is 2. The lowest BCUT2D eigenvalue weighted by atomic mass is 10.0. The molecular formula is C17H16N2O3S. The molecule has 0 aliphatic heterocycles. The average molecular weight is 328 g/mol. The van der Waals surface area contributed by atoms with E-state index in [-0.39, 0.29) is 17.7 Å². The summed E-state index contributed by atoms with van der Waals surface area (Å²) in [6.07, 6.45) is 1.36. The van der Waals surface area contributed by atoms with E-state index in [0.717, 1.165) is 17.4 Å². The third-order valence-electron chi connectivity index (χ3n) is 3.57. The van der Waals surface area contributed by atoms with Crippen LogP contribution in [0.5, 0.6) is 0 Å². The number of H-pyrrole nitrogens is 1. The van der Waals surface area contributed by atoms with Crippen LogP contribution in [0.15, 0.2) is 53.3 Å². The summed E-state index contributed by atoms with van der Waals surface area (Å²) >= 11 is 0. The fraction of sp³-hybridized carbons (Fsp3) is 0.176. The van der Waals surface area contributed by atoms with Crippen molar-refractivity contribution in [1.29, 1.82) is 0 Å². The zero-order valence-corrected chi connectivity index (χ0v) is 13.4. The van der Waals surface area contributed by atoms with Crippen LogP contribution >= 0.6 is 0 Å². The van der Waals surface area contributed by atoms with Crippen LogP contribution in [0.4, 0.5) is 0 Å². The second-order valence-corrected chi connectivity index (χ2v) is 7.75. The number of rotatable bonds is 4. The first kappa shape index (κ1) is 15.4. The van der Waals surface area contributed by atoms with Gasteiger partial charge in [-0.05, 0) is 23.3 Å². The first-order valence-corrected chi connectivity index (χ1v) is 9.24. The van der Waals surface area contributed by atoms with Crippen LogP contribution < -0.4 is 5.56 Å². The fourth-order valence-corrected chi connectivity index (χ4v) is 2.96. The van der Waals surface area contributed by atoms with Crippen molar-refractivity contribution in [1.82, 2.24) is 9.97 Å². The molecule has 2 aromatic carbocycles. The number of hydrogen-bond donors (Lipinski definition) is 1. The zero-order chi connectivity index (χ0) is 16.4. The Hall–Kier alpha value is -2.47. The molecule has 0 saturated heterocycles. The zero-order valence-electron chi connectivity index (χ0n) is 12.6. The molecule has 3 rings (SSSR count). The number of sulfone groups is 1. The van der Waals surface area contributed by atoms with E-state index in [9.17, 15) is 13.2 Å². The molecule has 1 N–H and O–H groups in total. The summed E-state index contributed by atoms with van der Waals surface area (Å²) in [4.78, 5) is 19.3. The molecule has 0 saturated carbocycles. The Morgan fingerprint density at radius 2 is 1.78 bits per heavy atom. The number of aromatic amines is 1. The second kappa shape index (κ2) is 5.96. The lowest BCUT2D eigenvalue weighted by Crippen LogP contribution is -2.15. The van der Waals surface area contributed by atoms with Gasteiger partial charge >= 0.3 is 0 Å². The van der Waals surface area contributed by atoms with Gasteiger partial charge in [-0.2, -0.15) is 0 Å². The Morgan fingerprint density at radius 1 is 1.04 bits per heavy atom. The Balaban J connectivity index is 2.02. The molecule has 0 unspecified atom stereocenters. The maximum Gasteiger partial charge on any atom is 0.258 e. The first-order chi connectivity index (χ1) is 10.9. The van der Waals surface area contributed by atoms with Gasteiger partial charge < -0.3 is 4.98 Å². The first-order valence-electron chi connectivity index (χ1n) is 7.18. The molecule has 118 valence electrons. The molecule has 0 aliphatic carbocycles. The summed E-state index contributed by atoms with van der Waals surface area (Å²) in [6, 6.07) is 15.3. The highest BCUT2D eigenvalue weighted by molar-refractivity contribution is 7.90. The van der Waals surface area contributed by atoms with Crippen molar-refractivity contribution in [3.63, 3.8) is 0 Å². The highest BCUT2D eigenvalue weighted by Gasteiger charge is 2.09. The van der Waals surface area contributed by atoms with Crippen molar-refractivity contribution in [2.45, 2.75) is 6.42 Å². The summed E-state index contributed by atoms with van der Waals surface area (Å²) in [5.74, 6) is 0.351. The maximum absolute atomic E-state index is 12.3. The van der Waals surface area contributed by atoms with Crippen LogP contribution in [0, 0.1) is 0 Å². The molecule has 23 heavy (non-hydrogen) atoms. The molecule has 1 heterocycles. The van der Waals surface area contributed by atoms with Gasteiger partial charge in [0.25, 0.3) is 5.56 Å². The minimum atomic E-state index is -3.09. The van der Waals surface area contributed by atoms with Crippen LogP contribution in [0.25, 0.3) is 22.0 Å². The summed E-state index contributed by atoms with van der Waals surface area (Å²) < 4.78 is 22.5. The van der Waals surface area contributed by atoms with Gasteiger partial charge in [-0.25, -0.2) is 13.4 Å². The van der Waals surface area contributed by atoms with Crippen LogP contribution in [0.3, 0.4) is 0 Å². The normalized spacial score (nSPS) is 11.7. The third-order valence-corrected chi connectivity index (χ3v) is 4.52. The maximum atomic E-state index is 12.3. The molecule has 0 radical (unpaired) electrons. The smallest absolute Gasteiger partial charge is 0.258 e.